The van der Waals surface area contributed by atoms with Gasteiger partial charge in [0.25, 0.3) is 0 Å². The maximum Gasteiger partial charge on any atom is 0.242 e. The van der Waals surface area contributed by atoms with Gasteiger partial charge >= 0.3 is 0 Å². The van der Waals surface area contributed by atoms with Gasteiger partial charge in [0.15, 0.2) is 0 Å². The van der Waals surface area contributed by atoms with E-state index in [-0.39, 0.29) is 5.91 Å². The summed E-state index contributed by atoms with van der Waals surface area (Å²) in [6.07, 6.45) is 1.64. The lowest BCUT2D eigenvalue weighted by Gasteiger charge is -2.13. The number of amides is 1. The third-order valence-corrected chi connectivity index (χ3v) is 2.03. The van der Waals surface area contributed by atoms with Gasteiger partial charge in [0.1, 0.15) is 11.2 Å². The van der Waals surface area contributed by atoms with Gasteiger partial charge in [-0.25, -0.2) is 4.98 Å². The maximum atomic E-state index is 11.3. The monoisotopic (exact) mass is 227 g/mol. The smallest absolute Gasteiger partial charge is 0.242 e. The number of pyridine rings is 1. The number of hydrogen-bond acceptors (Lipinski definition) is 3. The second-order valence-corrected chi connectivity index (χ2v) is 4.06. The van der Waals surface area contributed by atoms with Crippen molar-refractivity contribution in [2.75, 3.05) is 24.3 Å². The van der Waals surface area contributed by atoms with Crippen molar-refractivity contribution in [1.29, 1.82) is 0 Å². The van der Waals surface area contributed by atoms with E-state index in [1.807, 2.05) is 19.0 Å². The van der Waals surface area contributed by atoms with E-state index in [4.69, 9.17) is 11.6 Å². The van der Waals surface area contributed by atoms with Gasteiger partial charge in [-0.05, 0) is 13.0 Å². The lowest BCUT2D eigenvalue weighted by molar-refractivity contribution is -0.115. The van der Waals surface area contributed by atoms with Crippen molar-refractivity contribution in [3.05, 3.63) is 18.3 Å². The zero-order chi connectivity index (χ0) is 11.4. The molecule has 0 bridgehead atoms. The third-order valence-electron chi connectivity index (χ3n) is 1.83. The van der Waals surface area contributed by atoms with E-state index < -0.39 is 5.38 Å². The molecule has 0 aliphatic rings. The Kier molecular flexibility index (Phi) is 3.91. The van der Waals surface area contributed by atoms with Crippen LogP contribution < -0.4 is 10.2 Å². The summed E-state index contributed by atoms with van der Waals surface area (Å²) in [6.45, 7) is 1.63. The van der Waals surface area contributed by atoms with Crippen molar-refractivity contribution in [1.82, 2.24) is 4.98 Å². The minimum Gasteiger partial charge on any atom is -0.363 e. The first-order valence-electron chi connectivity index (χ1n) is 4.59. The molecule has 1 amide bonds. The minimum absolute atomic E-state index is 0.215. The third kappa shape index (κ3) is 3.40. The van der Waals surface area contributed by atoms with E-state index in [0.717, 1.165) is 5.82 Å². The van der Waals surface area contributed by atoms with E-state index in [9.17, 15) is 4.79 Å². The number of alkyl halides is 1. The summed E-state index contributed by atoms with van der Waals surface area (Å²) < 4.78 is 0. The van der Waals surface area contributed by atoms with E-state index in [2.05, 4.69) is 10.3 Å². The Balaban J connectivity index is 2.78. The second kappa shape index (κ2) is 4.98. The number of halogens is 1. The van der Waals surface area contributed by atoms with Gasteiger partial charge in [-0.3, -0.25) is 4.79 Å². The molecule has 1 rings (SSSR count). The Morgan fingerprint density at radius 2 is 2.27 bits per heavy atom. The number of nitrogens with one attached hydrogen (secondary N) is 1. The molecule has 0 aliphatic heterocycles. The summed E-state index contributed by atoms with van der Waals surface area (Å²) in [6, 6.07) is 3.52. The molecule has 5 heteroatoms. The average Bonchev–Trinajstić information content (AvgIpc) is 2.18. The first-order chi connectivity index (χ1) is 7.00. The zero-order valence-electron chi connectivity index (χ0n) is 8.99. The van der Waals surface area contributed by atoms with Gasteiger partial charge in [-0.2, -0.15) is 0 Å². The summed E-state index contributed by atoms with van der Waals surface area (Å²) in [5, 5.41) is 2.16. The molecule has 4 nitrogen and oxygen atoms in total. The highest BCUT2D eigenvalue weighted by Crippen LogP contribution is 2.14. The highest BCUT2D eigenvalue weighted by Gasteiger charge is 2.09. The van der Waals surface area contributed by atoms with Crippen LogP contribution >= 0.6 is 11.6 Å². The molecular formula is C10H14ClN3O. The lowest BCUT2D eigenvalue weighted by atomic mass is 10.3. The van der Waals surface area contributed by atoms with Crippen molar-refractivity contribution in [2.24, 2.45) is 0 Å². The van der Waals surface area contributed by atoms with E-state index in [1.54, 1.807) is 25.3 Å². The van der Waals surface area contributed by atoms with Crippen molar-refractivity contribution < 1.29 is 4.79 Å². The number of carbonyl (C=O) groups excluding carboxylic acids is 1. The first kappa shape index (κ1) is 11.8. The highest BCUT2D eigenvalue weighted by atomic mass is 35.5. The standard InChI is InChI=1S/C10H14ClN3O/c1-7(11)10(15)13-8-4-5-12-9(6-8)14(2)3/h4-7H,1-3H3,(H,12,13,15)/t7-/m1/s1. The van der Waals surface area contributed by atoms with E-state index in [0.29, 0.717) is 5.69 Å². The van der Waals surface area contributed by atoms with Crippen LogP contribution in [0.4, 0.5) is 11.5 Å². The molecule has 1 aromatic heterocycles. The van der Waals surface area contributed by atoms with Crippen molar-refractivity contribution in [3.8, 4) is 0 Å². The van der Waals surface area contributed by atoms with Crippen molar-refractivity contribution in [3.63, 3.8) is 0 Å². The number of hydrogen-bond donors (Lipinski definition) is 1. The molecule has 0 unspecified atom stereocenters. The molecule has 0 saturated carbocycles. The van der Waals surface area contributed by atoms with Crippen LogP contribution in [0.1, 0.15) is 6.92 Å². The summed E-state index contributed by atoms with van der Waals surface area (Å²) in [7, 11) is 3.77. The van der Waals surface area contributed by atoms with E-state index >= 15 is 0 Å². The predicted octanol–water partition coefficient (Wildman–Crippen LogP) is 1.71. The SMILES string of the molecule is C[C@@H](Cl)C(=O)Nc1ccnc(N(C)C)c1. The van der Waals surface area contributed by atoms with Crippen LogP contribution in [-0.4, -0.2) is 30.4 Å². The Labute approximate surface area is 94.3 Å². The molecule has 0 spiro atoms. The normalized spacial score (nSPS) is 12.0. The second-order valence-electron chi connectivity index (χ2n) is 3.40. The molecule has 1 atom stereocenters. The predicted molar refractivity (Wildman–Crippen MR) is 62.5 cm³/mol. The minimum atomic E-state index is -0.541. The Hall–Kier alpha value is -1.29. The summed E-state index contributed by atoms with van der Waals surface area (Å²) in [5.74, 6) is 0.572. The number of aromatic nitrogens is 1. The Bertz CT molecular complexity index is 352. The van der Waals surface area contributed by atoms with E-state index in [1.165, 1.54) is 0 Å². The van der Waals surface area contributed by atoms with Crippen LogP contribution in [0.15, 0.2) is 18.3 Å². The van der Waals surface area contributed by atoms with Gasteiger partial charge in [-0.1, -0.05) is 0 Å². The van der Waals surface area contributed by atoms with Crippen LogP contribution in [0.25, 0.3) is 0 Å². The molecule has 0 aromatic carbocycles. The summed E-state index contributed by atoms with van der Waals surface area (Å²) in [4.78, 5) is 17.3. The van der Waals surface area contributed by atoms with Gasteiger partial charge in [-0.15, -0.1) is 11.6 Å². The molecular weight excluding hydrogens is 214 g/mol. The average molecular weight is 228 g/mol. The highest BCUT2D eigenvalue weighted by molar-refractivity contribution is 6.32. The van der Waals surface area contributed by atoms with Crippen molar-refractivity contribution in [2.45, 2.75) is 12.3 Å². The van der Waals surface area contributed by atoms with Gasteiger partial charge in [0, 0.05) is 32.0 Å². The van der Waals surface area contributed by atoms with Crippen molar-refractivity contribution >= 4 is 29.0 Å². The zero-order valence-corrected chi connectivity index (χ0v) is 9.75. The molecule has 82 valence electrons. The largest absolute Gasteiger partial charge is 0.363 e. The molecule has 1 N–H and O–H groups in total. The van der Waals surface area contributed by atoms with Crippen LogP contribution in [0.5, 0.6) is 0 Å². The van der Waals surface area contributed by atoms with Gasteiger partial charge in [0.05, 0.1) is 0 Å². The maximum absolute atomic E-state index is 11.3. The van der Waals surface area contributed by atoms with Crippen LogP contribution in [0.3, 0.4) is 0 Å². The fourth-order valence-electron chi connectivity index (χ4n) is 0.982. The van der Waals surface area contributed by atoms with Gasteiger partial charge < -0.3 is 10.2 Å². The molecule has 0 saturated heterocycles. The number of anilines is 2. The molecule has 1 heterocycles. The number of rotatable bonds is 3. The molecule has 1 aromatic rings. The first-order valence-corrected chi connectivity index (χ1v) is 5.02. The van der Waals surface area contributed by atoms with Gasteiger partial charge in [0.2, 0.25) is 5.91 Å². The fraction of sp³-hybridized carbons (Fsp3) is 0.400. The van der Waals surface area contributed by atoms with Crippen LogP contribution in [0, 0.1) is 0 Å². The molecule has 0 radical (unpaired) electrons. The molecule has 0 fully saturated rings. The Morgan fingerprint density at radius 3 is 2.80 bits per heavy atom. The number of carbonyl (C=O) groups is 1. The topological polar surface area (TPSA) is 45.2 Å². The fourth-order valence-corrected chi connectivity index (χ4v) is 1.04. The number of nitrogens with zero attached hydrogens (tertiary/aromatic N) is 2. The molecule has 15 heavy (non-hydrogen) atoms. The lowest BCUT2D eigenvalue weighted by Crippen LogP contribution is -2.20. The summed E-state index contributed by atoms with van der Waals surface area (Å²) >= 11 is 5.64. The quantitative estimate of drug-likeness (QED) is 0.800. The Morgan fingerprint density at radius 1 is 1.60 bits per heavy atom. The van der Waals surface area contributed by atoms with Crippen LogP contribution in [0.2, 0.25) is 0 Å². The molecule has 0 aliphatic carbocycles. The van der Waals surface area contributed by atoms with Crippen LogP contribution in [-0.2, 0) is 4.79 Å². The summed E-state index contributed by atoms with van der Waals surface area (Å²) in [5.41, 5.74) is 0.700.